The fourth-order valence-corrected chi connectivity index (χ4v) is 5.90. The van der Waals surface area contributed by atoms with Crippen molar-refractivity contribution >= 4 is 44.7 Å². The number of thioether (sulfide) groups is 1. The van der Waals surface area contributed by atoms with Gasteiger partial charge in [-0.3, -0.25) is 14.9 Å². The monoisotopic (exact) mass is 441 g/mol. The predicted molar refractivity (Wildman–Crippen MR) is 108 cm³/mol. The van der Waals surface area contributed by atoms with Gasteiger partial charge in [-0.2, -0.15) is 0 Å². The molecule has 1 aromatic carbocycles. The molecular formula is C17H19N3O5S3. The van der Waals surface area contributed by atoms with Crippen LogP contribution in [0.1, 0.15) is 23.2 Å². The number of rotatable bonds is 6. The van der Waals surface area contributed by atoms with Gasteiger partial charge in [0.1, 0.15) is 4.21 Å². The molecule has 8 nitrogen and oxygen atoms in total. The Morgan fingerprint density at radius 3 is 2.61 bits per heavy atom. The van der Waals surface area contributed by atoms with Crippen LogP contribution in [-0.4, -0.2) is 49.5 Å². The lowest BCUT2D eigenvalue weighted by atomic mass is 10.0. The molecule has 11 heteroatoms. The Labute approximate surface area is 171 Å². The number of sulfonamides is 1. The standard InChI is InChI=1S/C17H19N3O5S3/c1-26-15-5-4-12(11-14(15)20(22)23)17(21)19-8-6-13(7-9-19)18-28(24,25)16-3-2-10-27-16/h2-5,10-11,13,18H,6-9H2,1H3. The molecule has 0 spiro atoms. The van der Waals surface area contributed by atoms with Crippen molar-refractivity contribution in [1.82, 2.24) is 9.62 Å². The summed E-state index contributed by atoms with van der Waals surface area (Å²) in [5.41, 5.74) is 0.180. The topological polar surface area (TPSA) is 110 Å². The molecule has 2 heterocycles. The Balaban J connectivity index is 1.64. The highest BCUT2D eigenvalue weighted by Crippen LogP contribution is 2.29. The molecule has 1 aliphatic heterocycles. The summed E-state index contributed by atoms with van der Waals surface area (Å²) in [6.07, 6.45) is 2.72. The minimum absolute atomic E-state index is 0.0862. The van der Waals surface area contributed by atoms with Crippen molar-refractivity contribution in [2.45, 2.75) is 28.0 Å². The van der Waals surface area contributed by atoms with E-state index in [0.29, 0.717) is 30.8 Å². The maximum Gasteiger partial charge on any atom is 0.283 e. The number of carbonyl (C=O) groups is 1. The van der Waals surface area contributed by atoms with Crippen molar-refractivity contribution < 1.29 is 18.1 Å². The second-order valence-corrected chi connectivity index (χ2v) is 10.0. The largest absolute Gasteiger partial charge is 0.339 e. The fraction of sp³-hybridized carbons (Fsp3) is 0.353. The van der Waals surface area contributed by atoms with Gasteiger partial charge in [0.25, 0.3) is 11.6 Å². The molecule has 1 aliphatic rings. The van der Waals surface area contributed by atoms with Crippen LogP contribution in [0.4, 0.5) is 5.69 Å². The Morgan fingerprint density at radius 1 is 1.32 bits per heavy atom. The summed E-state index contributed by atoms with van der Waals surface area (Å²) in [5.74, 6) is -0.282. The van der Waals surface area contributed by atoms with Gasteiger partial charge >= 0.3 is 0 Å². The van der Waals surface area contributed by atoms with Gasteiger partial charge in [0.2, 0.25) is 10.0 Å². The van der Waals surface area contributed by atoms with Gasteiger partial charge in [-0.25, -0.2) is 13.1 Å². The molecule has 1 fully saturated rings. The number of piperidine rings is 1. The van der Waals surface area contributed by atoms with Crippen LogP contribution < -0.4 is 4.72 Å². The van der Waals surface area contributed by atoms with Crippen molar-refractivity contribution in [2.75, 3.05) is 19.3 Å². The molecule has 1 saturated heterocycles. The Hall–Kier alpha value is -1.95. The first-order chi connectivity index (χ1) is 13.3. The van der Waals surface area contributed by atoms with E-state index in [4.69, 9.17) is 0 Å². The van der Waals surface area contributed by atoms with Crippen LogP contribution in [0.25, 0.3) is 0 Å². The average Bonchev–Trinajstić information content (AvgIpc) is 3.23. The van der Waals surface area contributed by atoms with Gasteiger partial charge in [-0.05, 0) is 42.7 Å². The van der Waals surface area contributed by atoms with E-state index >= 15 is 0 Å². The number of likely N-dealkylation sites (tertiary alicyclic amines) is 1. The molecule has 0 bridgehead atoms. The molecule has 0 unspecified atom stereocenters. The summed E-state index contributed by atoms with van der Waals surface area (Å²) < 4.78 is 27.6. The van der Waals surface area contributed by atoms with E-state index in [1.807, 2.05) is 0 Å². The summed E-state index contributed by atoms with van der Waals surface area (Å²) >= 11 is 2.41. The number of thiophene rings is 1. The Bertz CT molecular complexity index is 968. The maximum absolute atomic E-state index is 12.7. The number of hydrogen-bond donors (Lipinski definition) is 1. The average molecular weight is 442 g/mol. The number of nitrogens with zero attached hydrogens (tertiary/aromatic N) is 2. The first kappa shape index (κ1) is 20.8. The van der Waals surface area contributed by atoms with E-state index in [2.05, 4.69) is 4.72 Å². The molecule has 0 aliphatic carbocycles. The third-order valence-electron chi connectivity index (χ3n) is 4.49. The zero-order chi connectivity index (χ0) is 20.3. The summed E-state index contributed by atoms with van der Waals surface area (Å²) in [4.78, 5) is 25.5. The Kier molecular flexibility index (Phi) is 6.38. The van der Waals surface area contributed by atoms with Crippen LogP contribution in [0.3, 0.4) is 0 Å². The lowest BCUT2D eigenvalue weighted by Crippen LogP contribution is -2.46. The summed E-state index contributed by atoms with van der Waals surface area (Å²) in [5, 5.41) is 12.9. The number of hydrogen-bond acceptors (Lipinski definition) is 7. The molecule has 1 aromatic heterocycles. The Morgan fingerprint density at radius 2 is 2.04 bits per heavy atom. The van der Waals surface area contributed by atoms with Gasteiger partial charge in [-0.15, -0.1) is 23.1 Å². The predicted octanol–water partition coefficient (Wildman–Crippen LogP) is 2.96. The lowest BCUT2D eigenvalue weighted by molar-refractivity contribution is -0.387. The second kappa shape index (κ2) is 8.60. The number of nitrogens with one attached hydrogen (secondary N) is 1. The number of amides is 1. The number of carbonyl (C=O) groups excluding carboxylic acids is 1. The van der Waals surface area contributed by atoms with Gasteiger partial charge in [-0.1, -0.05) is 6.07 Å². The molecule has 0 atom stereocenters. The van der Waals surface area contributed by atoms with Crippen LogP contribution in [0.15, 0.2) is 44.8 Å². The third kappa shape index (κ3) is 4.54. The van der Waals surface area contributed by atoms with Gasteiger partial charge in [0.05, 0.1) is 9.82 Å². The molecule has 3 rings (SSSR count). The van der Waals surface area contributed by atoms with E-state index in [-0.39, 0.29) is 27.4 Å². The van der Waals surface area contributed by atoms with Crippen molar-refractivity contribution in [3.63, 3.8) is 0 Å². The van der Waals surface area contributed by atoms with Gasteiger partial charge < -0.3 is 4.90 Å². The zero-order valence-corrected chi connectivity index (χ0v) is 17.5. The van der Waals surface area contributed by atoms with Crippen LogP contribution in [0, 0.1) is 10.1 Å². The van der Waals surface area contributed by atoms with Gasteiger partial charge in [0.15, 0.2) is 0 Å². The quantitative estimate of drug-likeness (QED) is 0.419. The minimum atomic E-state index is -3.54. The first-order valence-corrected chi connectivity index (χ1v) is 12.1. The lowest BCUT2D eigenvalue weighted by Gasteiger charge is -2.32. The van der Waals surface area contributed by atoms with E-state index in [1.165, 1.54) is 17.8 Å². The fourth-order valence-electron chi connectivity index (χ4n) is 3.04. The third-order valence-corrected chi connectivity index (χ3v) is 8.19. The number of nitro benzene ring substituents is 1. The van der Waals surface area contributed by atoms with Gasteiger partial charge in [0, 0.05) is 30.8 Å². The zero-order valence-electron chi connectivity index (χ0n) is 15.0. The summed E-state index contributed by atoms with van der Waals surface area (Å²) in [6, 6.07) is 7.47. The second-order valence-electron chi connectivity index (χ2n) is 6.26. The SMILES string of the molecule is CSc1ccc(C(=O)N2CCC(NS(=O)(=O)c3cccs3)CC2)cc1[N+](=O)[O-]. The highest BCUT2D eigenvalue weighted by Gasteiger charge is 2.28. The molecule has 1 N–H and O–H groups in total. The molecular weight excluding hydrogens is 422 g/mol. The normalized spacial score (nSPS) is 15.5. The number of benzene rings is 1. The van der Waals surface area contributed by atoms with E-state index < -0.39 is 14.9 Å². The van der Waals surface area contributed by atoms with Crippen LogP contribution in [-0.2, 0) is 10.0 Å². The van der Waals surface area contributed by atoms with E-state index in [0.717, 1.165) is 11.3 Å². The first-order valence-electron chi connectivity index (χ1n) is 8.49. The van der Waals surface area contributed by atoms with E-state index in [1.54, 1.807) is 40.8 Å². The van der Waals surface area contributed by atoms with Crippen LogP contribution in [0.2, 0.25) is 0 Å². The van der Waals surface area contributed by atoms with Crippen LogP contribution in [0.5, 0.6) is 0 Å². The molecule has 0 saturated carbocycles. The van der Waals surface area contributed by atoms with Crippen molar-refractivity contribution in [3.8, 4) is 0 Å². The minimum Gasteiger partial charge on any atom is -0.339 e. The van der Waals surface area contributed by atoms with Crippen molar-refractivity contribution in [1.29, 1.82) is 0 Å². The van der Waals surface area contributed by atoms with Crippen molar-refractivity contribution in [2.24, 2.45) is 0 Å². The summed E-state index contributed by atoms with van der Waals surface area (Å²) in [7, 11) is -3.54. The highest BCUT2D eigenvalue weighted by molar-refractivity contribution is 7.98. The van der Waals surface area contributed by atoms with Crippen molar-refractivity contribution in [3.05, 3.63) is 51.4 Å². The smallest absolute Gasteiger partial charge is 0.283 e. The molecule has 2 aromatic rings. The molecule has 1 amide bonds. The highest BCUT2D eigenvalue weighted by atomic mass is 32.2. The van der Waals surface area contributed by atoms with Crippen LogP contribution >= 0.6 is 23.1 Å². The molecule has 150 valence electrons. The molecule has 28 heavy (non-hydrogen) atoms. The van der Waals surface area contributed by atoms with E-state index in [9.17, 15) is 23.3 Å². The maximum atomic E-state index is 12.7. The molecule has 0 radical (unpaired) electrons. The summed E-state index contributed by atoms with van der Waals surface area (Å²) in [6.45, 7) is 0.767. The number of nitro groups is 1.